The van der Waals surface area contributed by atoms with Crippen molar-refractivity contribution in [2.24, 2.45) is 0 Å². The lowest BCUT2D eigenvalue weighted by atomic mass is 9.88. The van der Waals surface area contributed by atoms with Crippen molar-refractivity contribution in [1.29, 1.82) is 0 Å². The molecule has 6 nitrogen and oxygen atoms in total. The lowest BCUT2D eigenvalue weighted by Gasteiger charge is -2.34. The fourth-order valence-corrected chi connectivity index (χ4v) is 3.61. The molecule has 1 fully saturated rings. The molecule has 3 rings (SSSR count). The number of nitrogens with one attached hydrogen (secondary N) is 2. The molecule has 1 saturated carbocycles. The Morgan fingerprint density at radius 1 is 1.12 bits per heavy atom. The Morgan fingerprint density at radius 3 is 2.60 bits per heavy atom. The van der Waals surface area contributed by atoms with Gasteiger partial charge in [-0.25, -0.2) is 0 Å². The predicted molar refractivity (Wildman–Crippen MR) is 93.1 cm³/mol. The number of fused-ring (bicyclic) bond motifs is 1. The van der Waals surface area contributed by atoms with Gasteiger partial charge in [0.05, 0.1) is 13.2 Å². The summed E-state index contributed by atoms with van der Waals surface area (Å²) in [4.78, 5) is 24.3. The van der Waals surface area contributed by atoms with Crippen LogP contribution in [0.2, 0.25) is 0 Å². The number of hydrogen-bond donors (Lipinski definition) is 3. The molecule has 25 heavy (non-hydrogen) atoms. The molecule has 1 heterocycles. The highest BCUT2D eigenvalue weighted by molar-refractivity contribution is 6.35. The Labute approximate surface area is 147 Å². The summed E-state index contributed by atoms with van der Waals surface area (Å²) >= 11 is 0. The fourth-order valence-electron chi connectivity index (χ4n) is 3.61. The van der Waals surface area contributed by atoms with Gasteiger partial charge < -0.3 is 20.5 Å². The third kappa shape index (κ3) is 4.31. The van der Waals surface area contributed by atoms with Crippen LogP contribution < -0.4 is 15.4 Å². The van der Waals surface area contributed by atoms with Crippen LogP contribution in [0.5, 0.6) is 5.75 Å². The van der Waals surface area contributed by atoms with Crippen molar-refractivity contribution in [2.75, 3.05) is 13.2 Å². The second-order valence-electron chi connectivity index (χ2n) is 6.97. The third-order valence-corrected chi connectivity index (χ3v) is 5.10. The first kappa shape index (κ1) is 17.7. The summed E-state index contributed by atoms with van der Waals surface area (Å²) in [5.41, 5.74) is -0.571. The van der Waals surface area contributed by atoms with Crippen LogP contribution >= 0.6 is 0 Å². The van der Waals surface area contributed by atoms with Crippen LogP contribution in [0.15, 0.2) is 24.3 Å². The molecular formula is C19H26N2O4. The van der Waals surface area contributed by atoms with Gasteiger partial charge in [-0.2, -0.15) is 0 Å². The average molecular weight is 346 g/mol. The molecule has 1 atom stereocenters. The molecule has 3 N–H and O–H groups in total. The minimum atomic E-state index is -1.22. The Hall–Kier alpha value is -2.08. The maximum atomic E-state index is 12.1. The number of aliphatic hydroxyl groups is 1. The van der Waals surface area contributed by atoms with Crippen LogP contribution in [0.25, 0.3) is 0 Å². The zero-order valence-corrected chi connectivity index (χ0v) is 14.4. The zero-order valence-electron chi connectivity index (χ0n) is 14.4. The largest absolute Gasteiger partial charge is 0.493 e. The van der Waals surface area contributed by atoms with E-state index in [1.165, 1.54) is 12.8 Å². The highest BCUT2D eigenvalue weighted by Crippen LogP contribution is 2.36. The summed E-state index contributed by atoms with van der Waals surface area (Å²) in [6.45, 7) is 0.363. The van der Waals surface area contributed by atoms with Crippen molar-refractivity contribution in [3.8, 4) is 5.75 Å². The van der Waals surface area contributed by atoms with E-state index in [0.717, 1.165) is 25.7 Å². The van der Waals surface area contributed by atoms with Crippen molar-refractivity contribution in [3.05, 3.63) is 29.8 Å². The van der Waals surface area contributed by atoms with Gasteiger partial charge in [-0.05, 0) is 18.9 Å². The quantitative estimate of drug-likeness (QED) is 0.573. The van der Waals surface area contributed by atoms with Gasteiger partial charge in [-0.1, -0.05) is 43.9 Å². The van der Waals surface area contributed by atoms with Crippen molar-refractivity contribution < 1.29 is 19.4 Å². The predicted octanol–water partition coefficient (Wildman–Crippen LogP) is 1.61. The second-order valence-corrected chi connectivity index (χ2v) is 6.97. The van der Waals surface area contributed by atoms with E-state index in [1.54, 1.807) is 12.1 Å². The summed E-state index contributed by atoms with van der Waals surface area (Å²) in [6, 6.07) is 7.31. The fraction of sp³-hybridized carbons (Fsp3) is 0.579. The lowest BCUT2D eigenvalue weighted by molar-refractivity contribution is -0.140. The van der Waals surface area contributed by atoms with E-state index in [-0.39, 0.29) is 12.6 Å². The Bertz CT molecular complexity index is 626. The van der Waals surface area contributed by atoms with Crippen molar-refractivity contribution in [2.45, 2.75) is 56.6 Å². The van der Waals surface area contributed by atoms with Gasteiger partial charge in [0, 0.05) is 18.0 Å². The van der Waals surface area contributed by atoms with Crippen LogP contribution in [-0.2, 0) is 15.2 Å². The summed E-state index contributed by atoms with van der Waals surface area (Å²) in [5, 5.41) is 16.3. The Balaban J connectivity index is 1.56. The van der Waals surface area contributed by atoms with Gasteiger partial charge in [0.2, 0.25) is 0 Å². The highest BCUT2D eigenvalue weighted by atomic mass is 16.5. The number of carbonyl (C=O) groups is 2. The van der Waals surface area contributed by atoms with Crippen LogP contribution in [0.3, 0.4) is 0 Å². The number of para-hydroxylation sites is 1. The third-order valence-electron chi connectivity index (χ3n) is 5.10. The molecule has 2 amide bonds. The smallest absolute Gasteiger partial charge is 0.309 e. The van der Waals surface area contributed by atoms with Gasteiger partial charge in [0.1, 0.15) is 11.4 Å². The molecular weight excluding hydrogens is 320 g/mol. The van der Waals surface area contributed by atoms with Crippen LogP contribution in [-0.4, -0.2) is 36.1 Å². The molecule has 0 bridgehead atoms. The van der Waals surface area contributed by atoms with Crippen LogP contribution in [0.4, 0.5) is 0 Å². The molecule has 2 aliphatic rings. The normalized spacial score (nSPS) is 23.7. The first-order valence-corrected chi connectivity index (χ1v) is 9.12. The molecule has 1 aromatic rings. The van der Waals surface area contributed by atoms with Gasteiger partial charge >= 0.3 is 11.8 Å². The molecule has 1 unspecified atom stereocenters. The molecule has 0 saturated heterocycles. The maximum Gasteiger partial charge on any atom is 0.309 e. The number of hydrogen-bond acceptors (Lipinski definition) is 4. The zero-order chi connectivity index (χ0) is 17.7. The summed E-state index contributed by atoms with van der Waals surface area (Å²) in [7, 11) is 0. The maximum absolute atomic E-state index is 12.1. The van der Waals surface area contributed by atoms with Gasteiger partial charge in [0.25, 0.3) is 0 Å². The van der Waals surface area contributed by atoms with E-state index in [4.69, 9.17) is 4.74 Å². The minimum Gasteiger partial charge on any atom is -0.493 e. The van der Waals surface area contributed by atoms with Gasteiger partial charge in [-0.15, -0.1) is 0 Å². The van der Waals surface area contributed by atoms with E-state index in [1.807, 2.05) is 12.1 Å². The topological polar surface area (TPSA) is 87.7 Å². The minimum absolute atomic E-state index is 0.00963. The van der Waals surface area contributed by atoms with E-state index in [0.29, 0.717) is 24.3 Å². The van der Waals surface area contributed by atoms with Crippen molar-refractivity contribution >= 4 is 11.8 Å². The molecule has 0 spiro atoms. The van der Waals surface area contributed by atoms with Gasteiger partial charge in [0.15, 0.2) is 0 Å². The highest BCUT2D eigenvalue weighted by Gasteiger charge is 2.36. The van der Waals surface area contributed by atoms with Crippen molar-refractivity contribution in [1.82, 2.24) is 10.6 Å². The summed E-state index contributed by atoms with van der Waals surface area (Å²) in [6.07, 6.45) is 6.77. The molecule has 0 radical (unpaired) electrons. The molecule has 1 aliphatic heterocycles. The lowest BCUT2D eigenvalue weighted by Crippen LogP contribution is -2.49. The molecule has 1 aromatic carbocycles. The van der Waals surface area contributed by atoms with E-state index >= 15 is 0 Å². The summed E-state index contributed by atoms with van der Waals surface area (Å²) < 4.78 is 5.53. The number of carbonyl (C=O) groups excluding carboxylic acids is 2. The second kappa shape index (κ2) is 7.87. The summed E-state index contributed by atoms with van der Waals surface area (Å²) in [5.74, 6) is -0.689. The van der Waals surface area contributed by atoms with E-state index < -0.39 is 17.4 Å². The Kier molecular flexibility index (Phi) is 5.58. The van der Waals surface area contributed by atoms with Crippen molar-refractivity contribution in [3.63, 3.8) is 0 Å². The van der Waals surface area contributed by atoms with E-state index in [9.17, 15) is 14.7 Å². The first-order chi connectivity index (χ1) is 12.1. The SMILES string of the molecule is O=C(NCC1(O)CCOc2ccccc21)C(=O)NC1CCCCCC1. The molecule has 6 heteroatoms. The van der Waals surface area contributed by atoms with Crippen LogP contribution in [0.1, 0.15) is 50.5 Å². The number of rotatable bonds is 3. The number of benzene rings is 1. The average Bonchev–Trinajstić information content (AvgIpc) is 2.89. The monoisotopic (exact) mass is 346 g/mol. The standard InChI is InChI=1S/C19H26N2O4/c22-17(18(23)21-14-7-3-1-2-4-8-14)20-13-19(24)11-12-25-16-10-6-5-9-15(16)19/h5-6,9-10,14,24H,1-4,7-8,11-13H2,(H,20,22)(H,21,23). The molecule has 136 valence electrons. The first-order valence-electron chi connectivity index (χ1n) is 9.12. The van der Waals surface area contributed by atoms with E-state index in [2.05, 4.69) is 10.6 Å². The number of ether oxygens (including phenoxy) is 1. The van der Waals surface area contributed by atoms with Crippen LogP contribution in [0, 0.1) is 0 Å². The molecule has 0 aromatic heterocycles. The molecule has 1 aliphatic carbocycles. The Morgan fingerprint density at radius 2 is 1.84 bits per heavy atom. The van der Waals surface area contributed by atoms with Gasteiger partial charge in [-0.3, -0.25) is 9.59 Å². The number of amides is 2.